The van der Waals surface area contributed by atoms with Crippen LogP contribution in [0.4, 0.5) is 0 Å². The van der Waals surface area contributed by atoms with Gasteiger partial charge >= 0.3 is 0 Å². The monoisotopic (exact) mass is 290 g/mol. The summed E-state index contributed by atoms with van der Waals surface area (Å²) in [5, 5.41) is 0. The Balaban J connectivity index is 2.07. The minimum atomic E-state index is 0.375. The lowest BCUT2D eigenvalue weighted by Gasteiger charge is -2.07. The number of hydrogen-bond acceptors (Lipinski definition) is 6. The number of nitrogens with one attached hydrogen (secondary N) is 1. The van der Waals surface area contributed by atoms with Crippen LogP contribution >= 0.6 is 11.9 Å². The normalized spacial score (nSPS) is 10.6. The number of rotatable bonds is 6. The molecule has 20 heavy (non-hydrogen) atoms. The maximum absolute atomic E-state index is 5.73. The van der Waals surface area contributed by atoms with E-state index in [1.807, 2.05) is 38.2 Å². The first-order chi connectivity index (χ1) is 9.71. The van der Waals surface area contributed by atoms with Crippen LogP contribution in [0.5, 0.6) is 11.6 Å². The van der Waals surface area contributed by atoms with Gasteiger partial charge in [0, 0.05) is 18.4 Å². The lowest BCUT2D eigenvalue weighted by atomic mass is 10.2. The van der Waals surface area contributed by atoms with Crippen molar-refractivity contribution >= 4 is 11.9 Å². The van der Waals surface area contributed by atoms with Crippen LogP contribution in [-0.2, 0) is 12.3 Å². The molecule has 0 radical (unpaired) electrons. The highest BCUT2D eigenvalue weighted by Gasteiger charge is 2.03. The minimum Gasteiger partial charge on any atom is -0.439 e. The van der Waals surface area contributed by atoms with Crippen molar-refractivity contribution in [2.24, 2.45) is 5.73 Å². The summed E-state index contributed by atoms with van der Waals surface area (Å²) in [7, 11) is 1.91. The van der Waals surface area contributed by atoms with Gasteiger partial charge < -0.3 is 10.5 Å². The van der Waals surface area contributed by atoms with E-state index >= 15 is 0 Å². The number of ether oxygens (including phenoxy) is 1. The van der Waals surface area contributed by atoms with Crippen LogP contribution in [0.1, 0.15) is 17.1 Å². The molecule has 0 saturated carbocycles. The number of benzene rings is 1. The number of aryl methyl sites for hydroxylation is 1. The fourth-order valence-corrected chi connectivity index (χ4v) is 2.19. The Kier molecular flexibility index (Phi) is 5.34. The summed E-state index contributed by atoms with van der Waals surface area (Å²) in [6.45, 7) is 2.20. The second kappa shape index (κ2) is 7.23. The van der Waals surface area contributed by atoms with Crippen molar-refractivity contribution in [1.82, 2.24) is 14.7 Å². The molecule has 0 aliphatic rings. The molecule has 0 amide bonds. The maximum atomic E-state index is 5.73. The van der Waals surface area contributed by atoms with Gasteiger partial charge in [-0.1, -0.05) is 24.1 Å². The molecule has 2 aromatic rings. The van der Waals surface area contributed by atoms with Gasteiger partial charge in [-0.3, -0.25) is 4.72 Å². The highest BCUT2D eigenvalue weighted by Crippen LogP contribution is 2.21. The molecule has 3 N–H and O–H groups in total. The van der Waals surface area contributed by atoms with E-state index < -0.39 is 0 Å². The zero-order valence-corrected chi connectivity index (χ0v) is 12.4. The minimum absolute atomic E-state index is 0.375. The summed E-state index contributed by atoms with van der Waals surface area (Å²) < 4.78 is 8.78. The molecular weight excluding hydrogens is 272 g/mol. The predicted molar refractivity (Wildman–Crippen MR) is 81.5 cm³/mol. The fraction of sp³-hybridized carbons (Fsp3) is 0.286. The average Bonchev–Trinajstić information content (AvgIpc) is 2.46. The molecular formula is C14H18N4OS. The third kappa shape index (κ3) is 4.19. The fourth-order valence-electron chi connectivity index (χ4n) is 1.69. The Labute approximate surface area is 123 Å². The molecule has 0 fully saturated rings. The zero-order valence-electron chi connectivity index (χ0n) is 11.6. The van der Waals surface area contributed by atoms with Crippen LogP contribution in [0.2, 0.25) is 0 Å². The van der Waals surface area contributed by atoms with Crippen LogP contribution in [0.15, 0.2) is 30.3 Å². The van der Waals surface area contributed by atoms with Gasteiger partial charge in [0.15, 0.2) is 0 Å². The standard InChI is InChI=1S/C14H18N4OS/c1-10-17-12(8-15)7-14(18-10)19-13-5-3-11(4-6-13)9-20-16-2/h3-7,16H,8-9,15H2,1-2H3. The predicted octanol–water partition coefficient (Wildman–Crippen LogP) is 2.40. The van der Waals surface area contributed by atoms with Crippen molar-refractivity contribution in [3.05, 3.63) is 47.4 Å². The van der Waals surface area contributed by atoms with Gasteiger partial charge in [0.05, 0.1) is 5.69 Å². The van der Waals surface area contributed by atoms with Crippen molar-refractivity contribution in [1.29, 1.82) is 0 Å². The smallest absolute Gasteiger partial charge is 0.222 e. The van der Waals surface area contributed by atoms with Crippen molar-refractivity contribution in [3.8, 4) is 11.6 Å². The molecule has 0 bridgehead atoms. The van der Waals surface area contributed by atoms with Gasteiger partial charge in [-0.05, 0) is 31.7 Å². The van der Waals surface area contributed by atoms with Crippen LogP contribution in [0.25, 0.3) is 0 Å². The Hall–Kier alpha value is -1.63. The first-order valence-electron chi connectivity index (χ1n) is 6.31. The van der Waals surface area contributed by atoms with Gasteiger partial charge in [0.2, 0.25) is 5.88 Å². The SMILES string of the molecule is CNSCc1ccc(Oc2cc(CN)nc(C)n2)cc1. The van der Waals surface area contributed by atoms with E-state index in [0.29, 0.717) is 18.2 Å². The van der Waals surface area contributed by atoms with Crippen molar-refractivity contribution in [2.75, 3.05) is 7.05 Å². The second-order valence-electron chi connectivity index (χ2n) is 4.19. The van der Waals surface area contributed by atoms with Gasteiger partial charge in [-0.2, -0.15) is 4.98 Å². The number of nitrogens with zero attached hydrogens (tertiary/aromatic N) is 2. The number of nitrogens with two attached hydrogens (primary N) is 1. The molecule has 0 aliphatic heterocycles. The van der Waals surface area contributed by atoms with E-state index in [9.17, 15) is 0 Å². The second-order valence-corrected chi connectivity index (χ2v) is 5.17. The summed E-state index contributed by atoms with van der Waals surface area (Å²) in [4.78, 5) is 8.46. The van der Waals surface area contributed by atoms with E-state index in [1.54, 1.807) is 18.0 Å². The Morgan fingerprint density at radius 1 is 1.25 bits per heavy atom. The average molecular weight is 290 g/mol. The highest BCUT2D eigenvalue weighted by molar-refractivity contribution is 7.96. The van der Waals surface area contributed by atoms with Gasteiger partial charge in [-0.15, -0.1) is 0 Å². The van der Waals surface area contributed by atoms with Crippen molar-refractivity contribution < 1.29 is 4.74 Å². The van der Waals surface area contributed by atoms with Gasteiger partial charge in [0.1, 0.15) is 11.6 Å². The molecule has 2 rings (SSSR count). The van der Waals surface area contributed by atoms with Gasteiger partial charge in [0.25, 0.3) is 0 Å². The summed E-state index contributed by atoms with van der Waals surface area (Å²) in [6.07, 6.45) is 0. The molecule has 1 aromatic heterocycles. The molecule has 0 atom stereocenters. The summed E-state index contributed by atoms with van der Waals surface area (Å²) >= 11 is 1.65. The zero-order chi connectivity index (χ0) is 14.4. The lowest BCUT2D eigenvalue weighted by molar-refractivity contribution is 0.458. The van der Waals surface area contributed by atoms with Crippen LogP contribution in [0.3, 0.4) is 0 Å². The van der Waals surface area contributed by atoms with E-state index in [1.165, 1.54) is 5.56 Å². The van der Waals surface area contributed by atoms with E-state index in [4.69, 9.17) is 10.5 Å². The molecule has 106 valence electrons. The topological polar surface area (TPSA) is 73.1 Å². The summed E-state index contributed by atoms with van der Waals surface area (Å²) in [5.41, 5.74) is 7.60. The third-order valence-corrected chi connectivity index (χ3v) is 3.37. The van der Waals surface area contributed by atoms with E-state index in [2.05, 4.69) is 14.7 Å². The molecule has 1 aromatic carbocycles. The summed E-state index contributed by atoms with van der Waals surface area (Å²) in [5.74, 6) is 2.85. The number of aromatic nitrogens is 2. The first-order valence-corrected chi connectivity index (χ1v) is 7.30. The molecule has 6 heteroatoms. The Bertz CT molecular complexity index is 560. The highest BCUT2D eigenvalue weighted by atomic mass is 32.2. The molecule has 0 saturated heterocycles. The Morgan fingerprint density at radius 2 is 2.00 bits per heavy atom. The molecule has 0 aliphatic carbocycles. The lowest BCUT2D eigenvalue weighted by Crippen LogP contribution is -2.03. The molecule has 0 unspecified atom stereocenters. The van der Waals surface area contributed by atoms with Crippen LogP contribution < -0.4 is 15.2 Å². The van der Waals surface area contributed by atoms with Crippen LogP contribution in [-0.4, -0.2) is 17.0 Å². The first kappa shape index (κ1) is 14.8. The Morgan fingerprint density at radius 3 is 2.65 bits per heavy atom. The third-order valence-electron chi connectivity index (χ3n) is 2.61. The largest absolute Gasteiger partial charge is 0.439 e. The van der Waals surface area contributed by atoms with Crippen molar-refractivity contribution in [3.63, 3.8) is 0 Å². The molecule has 1 heterocycles. The van der Waals surface area contributed by atoms with Gasteiger partial charge in [-0.25, -0.2) is 4.98 Å². The summed E-state index contributed by atoms with van der Waals surface area (Å²) in [6, 6.07) is 9.71. The maximum Gasteiger partial charge on any atom is 0.222 e. The molecule has 0 spiro atoms. The molecule has 5 nitrogen and oxygen atoms in total. The van der Waals surface area contributed by atoms with Crippen LogP contribution in [0, 0.1) is 6.92 Å². The van der Waals surface area contributed by atoms with E-state index in [0.717, 1.165) is 17.2 Å². The quantitative estimate of drug-likeness (QED) is 0.796. The number of hydrogen-bond donors (Lipinski definition) is 2. The van der Waals surface area contributed by atoms with Crippen molar-refractivity contribution in [2.45, 2.75) is 19.2 Å². The van der Waals surface area contributed by atoms with E-state index in [-0.39, 0.29) is 0 Å².